The number of halogens is 1. The highest BCUT2D eigenvalue weighted by atomic mass is 35.5. The van der Waals surface area contributed by atoms with Crippen molar-refractivity contribution in [2.75, 3.05) is 0 Å². The molecular formula is C19H19ClO. The molecule has 0 amide bonds. The molecule has 0 fully saturated rings. The van der Waals surface area contributed by atoms with Crippen LogP contribution in [0.4, 0.5) is 0 Å². The number of benzene rings is 2. The predicted octanol–water partition coefficient (Wildman–Crippen LogP) is 5.43. The molecule has 0 radical (unpaired) electrons. The van der Waals surface area contributed by atoms with Gasteiger partial charge in [0, 0.05) is 5.56 Å². The van der Waals surface area contributed by atoms with Crippen LogP contribution >= 0.6 is 11.6 Å². The fraction of sp³-hybridized carbons (Fsp3) is 0.211. The smallest absolute Gasteiger partial charge is 0.252 e. The molecule has 0 aliphatic rings. The highest BCUT2D eigenvalue weighted by molar-refractivity contribution is 6.67. The second kappa shape index (κ2) is 7.24. The Labute approximate surface area is 131 Å². The van der Waals surface area contributed by atoms with Crippen LogP contribution in [0.15, 0.2) is 48.5 Å². The van der Waals surface area contributed by atoms with E-state index < -0.39 is 5.24 Å². The Balaban J connectivity index is 2.05. The average molecular weight is 299 g/mol. The molecule has 2 aromatic rings. The van der Waals surface area contributed by atoms with Crippen molar-refractivity contribution in [1.29, 1.82) is 0 Å². The molecular weight excluding hydrogens is 280 g/mol. The summed E-state index contributed by atoms with van der Waals surface area (Å²) in [5, 5.41) is -0.425. The summed E-state index contributed by atoms with van der Waals surface area (Å²) in [5.41, 5.74) is 4.10. The topological polar surface area (TPSA) is 17.1 Å². The summed E-state index contributed by atoms with van der Waals surface area (Å²) >= 11 is 5.42. The van der Waals surface area contributed by atoms with Crippen LogP contribution < -0.4 is 0 Å². The molecule has 2 rings (SSSR count). The standard InChI is InChI=1S/C19H19ClO/c1-14(2)13-17-7-5-15(6-8-17)3-4-16-9-11-18(12-10-16)19(20)21/h3-12,14H,13H2,1-2H3/b4-3+. The average Bonchev–Trinajstić information content (AvgIpc) is 2.46. The summed E-state index contributed by atoms with van der Waals surface area (Å²) in [6, 6.07) is 15.9. The molecule has 21 heavy (non-hydrogen) atoms. The summed E-state index contributed by atoms with van der Waals surface area (Å²) < 4.78 is 0. The van der Waals surface area contributed by atoms with Crippen LogP contribution in [0.2, 0.25) is 0 Å². The van der Waals surface area contributed by atoms with Gasteiger partial charge in [-0.1, -0.05) is 62.4 Å². The Kier molecular flexibility index (Phi) is 5.35. The number of hydrogen-bond donors (Lipinski definition) is 0. The lowest BCUT2D eigenvalue weighted by molar-refractivity contribution is 0.108. The number of rotatable bonds is 5. The largest absolute Gasteiger partial charge is 0.276 e. The lowest BCUT2D eigenvalue weighted by Crippen LogP contribution is -1.93. The van der Waals surface area contributed by atoms with Crippen LogP contribution in [0, 0.1) is 5.92 Å². The Morgan fingerprint density at radius 1 is 0.952 bits per heavy atom. The van der Waals surface area contributed by atoms with E-state index in [2.05, 4.69) is 44.2 Å². The lowest BCUT2D eigenvalue weighted by Gasteiger charge is -2.04. The van der Waals surface area contributed by atoms with Gasteiger partial charge in [0.15, 0.2) is 0 Å². The molecule has 0 aliphatic carbocycles. The molecule has 2 aromatic carbocycles. The van der Waals surface area contributed by atoms with E-state index >= 15 is 0 Å². The maximum atomic E-state index is 11.0. The molecule has 108 valence electrons. The van der Waals surface area contributed by atoms with Gasteiger partial charge in [-0.3, -0.25) is 4.79 Å². The lowest BCUT2D eigenvalue weighted by atomic mass is 10.0. The second-order valence-electron chi connectivity index (χ2n) is 5.57. The predicted molar refractivity (Wildman–Crippen MR) is 90.5 cm³/mol. The van der Waals surface area contributed by atoms with Gasteiger partial charge in [-0.05, 0) is 52.8 Å². The van der Waals surface area contributed by atoms with E-state index in [4.69, 9.17) is 11.6 Å². The summed E-state index contributed by atoms with van der Waals surface area (Å²) in [5.74, 6) is 0.676. The monoisotopic (exact) mass is 298 g/mol. The summed E-state index contributed by atoms with van der Waals surface area (Å²) in [6.07, 6.45) is 5.20. The molecule has 0 atom stereocenters. The molecule has 0 aromatic heterocycles. The normalized spacial score (nSPS) is 11.2. The van der Waals surface area contributed by atoms with Gasteiger partial charge in [-0.15, -0.1) is 0 Å². The molecule has 0 bridgehead atoms. The molecule has 0 saturated carbocycles. The third-order valence-electron chi connectivity index (χ3n) is 3.23. The van der Waals surface area contributed by atoms with Crippen LogP contribution in [0.3, 0.4) is 0 Å². The van der Waals surface area contributed by atoms with E-state index in [-0.39, 0.29) is 0 Å². The van der Waals surface area contributed by atoms with Gasteiger partial charge in [-0.2, -0.15) is 0 Å². The van der Waals surface area contributed by atoms with Crippen molar-refractivity contribution in [3.8, 4) is 0 Å². The minimum absolute atomic E-state index is 0.425. The van der Waals surface area contributed by atoms with Crippen molar-refractivity contribution < 1.29 is 4.79 Å². The Hall–Kier alpha value is -1.86. The second-order valence-corrected chi connectivity index (χ2v) is 5.91. The molecule has 0 heterocycles. The summed E-state index contributed by atoms with van der Waals surface area (Å²) in [6.45, 7) is 4.45. The van der Waals surface area contributed by atoms with Gasteiger partial charge in [-0.25, -0.2) is 0 Å². The van der Waals surface area contributed by atoms with Crippen molar-refractivity contribution in [2.24, 2.45) is 5.92 Å². The first-order chi connectivity index (χ1) is 10.0. The van der Waals surface area contributed by atoms with Crippen LogP contribution in [-0.4, -0.2) is 5.24 Å². The molecule has 2 heteroatoms. The maximum Gasteiger partial charge on any atom is 0.252 e. The first-order valence-corrected chi connectivity index (χ1v) is 7.49. The van der Waals surface area contributed by atoms with Gasteiger partial charge in [0.2, 0.25) is 0 Å². The van der Waals surface area contributed by atoms with Gasteiger partial charge in [0.05, 0.1) is 0 Å². The molecule has 0 unspecified atom stereocenters. The first-order valence-electron chi connectivity index (χ1n) is 7.11. The molecule has 0 saturated heterocycles. The number of carbonyl (C=O) groups excluding carboxylic acids is 1. The third-order valence-corrected chi connectivity index (χ3v) is 3.45. The number of hydrogen-bond acceptors (Lipinski definition) is 1. The zero-order chi connectivity index (χ0) is 15.2. The zero-order valence-corrected chi connectivity index (χ0v) is 13.1. The molecule has 0 spiro atoms. The van der Waals surface area contributed by atoms with Crippen molar-refractivity contribution in [3.05, 3.63) is 70.8 Å². The SMILES string of the molecule is CC(C)Cc1ccc(/C=C/c2ccc(C(=O)Cl)cc2)cc1. The van der Waals surface area contributed by atoms with E-state index in [0.717, 1.165) is 12.0 Å². The van der Waals surface area contributed by atoms with Gasteiger partial charge >= 0.3 is 0 Å². The van der Waals surface area contributed by atoms with Crippen LogP contribution in [0.5, 0.6) is 0 Å². The van der Waals surface area contributed by atoms with Gasteiger partial charge in [0.25, 0.3) is 5.24 Å². The summed E-state index contributed by atoms with van der Waals surface area (Å²) in [4.78, 5) is 11.0. The van der Waals surface area contributed by atoms with E-state index in [0.29, 0.717) is 11.5 Å². The van der Waals surface area contributed by atoms with Crippen molar-refractivity contribution >= 4 is 29.0 Å². The minimum Gasteiger partial charge on any atom is -0.276 e. The van der Waals surface area contributed by atoms with Crippen molar-refractivity contribution in [1.82, 2.24) is 0 Å². The fourth-order valence-corrected chi connectivity index (χ4v) is 2.28. The van der Waals surface area contributed by atoms with Crippen molar-refractivity contribution in [3.63, 3.8) is 0 Å². The molecule has 0 N–H and O–H groups in total. The molecule has 0 aliphatic heterocycles. The van der Waals surface area contributed by atoms with E-state index in [1.54, 1.807) is 12.1 Å². The van der Waals surface area contributed by atoms with Gasteiger partial charge in [0.1, 0.15) is 0 Å². The van der Waals surface area contributed by atoms with E-state index in [1.165, 1.54) is 11.1 Å². The quantitative estimate of drug-likeness (QED) is 0.531. The van der Waals surface area contributed by atoms with Crippen LogP contribution in [0.25, 0.3) is 12.2 Å². The van der Waals surface area contributed by atoms with Gasteiger partial charge < -0.3 is 0 Å². The Morgan fingerprint density at radius 3 is 1.86 bits per heavy atom. The zero-order valence-electron chi connectivity index (χ0n) is 12.3. The minimum atomic E-state index is -0.425. The van der Waals surface area contributed by atoms with E-state index in [1.807, 2.05) is 18.2 Å². The van der Waals surface area contributed by atoms with E-state index in [9.17, 15) is 4.79 Å². The van der Waals surface area contributed by atoms with Crippen molar-refractivity contribution in [2.45, 2.75) is 20.3 Å². The Bertz CT molecular complexity index is 622. The van der Waals surface area contributed by atoms with Crippen LogP contribution in [0.1, 0.15) is 40.9 Å². The molecule has 1 nitrogen and oxygen atoms in total. The fourth-order valence-electron chi connectivity index (χ4n) is 2.15. The maximum absolute atomic E-state index is 11.0. The first kappa shape index (κ1) is 15.5. The highest BCUT2D eigenvalue weighted by Crippen LogP contribution is 2.13. The summed E-state index contributed by atoms with van der Waals surface area (Å²) in [7, 11) is 0. The third kappa shape index (κ3) is 4.87. The highest BCUT2D eigenvalue weighted by Gasteiger charge is 2.00. The Morgan fingerprint density at radius 2 is 1.43 bits per heavy atom. The van der Waals surface area contributed by atoms with Crippen LogP contribution in [-0.2, 0) is 6.42 Å². The number of carbonyl (C=O) groups is 1.